The fourth-order valence-electron chi connectivity index (χ4n) is 1.38. The summed E-state index contributed by atoms with van der Waals surface area (Å²) in [5, 5.41) is 17.8. The number of carbonyl (C=O) groups is 1. The number of hydrogen-bond donors (Lipinski definition) is 2. The number of aliphatic hydroxyl groups is 1. The highest BCUT2D eigenvalue weighted by Gasteiger charge is 2.42. The van der Waals surface area contributed by atoms with Crippen molar-refractivity contribution in [2.75, 3.05) is 0 Å². The highest BCUT2D eigenvalue weighted by atomic mass is 19.1. The van der Waals surface area contributed by atoms with E-state index in [4.69, 9.17) is 5.11 Å². The number of carboxylic acid groups (broad SMARTS) is 1. The second-order valence-electron chi connectivity index (χ2n) is 3.18. The zero-order valence-corrected chi connectivity index (χ0v) is 6.75. The average molecular weight is 174 g/mol. The minimum Gasteiger partial charge on any atom is -0.479 e. The normalized spacial score (nSPS) is 31.4. The highest BCUT2D eigenvalue weighted by Crippen LogP contribution is 2.32. The largest absolute Gasteiger partial charge is 0.479 e. The van der Waals surface area contributed by atoms with E-state index < -0.39 is 17.7 Å². The van der Waals surface area contributed by atoms with E-state index in [-0.39, 0.29) is 6.42 Å². The minimum absolute atomic E-state index is 0.159. The predicted octanol–water partition coefficient (Wildman–Crippen LogP) is 0.880. The third kappa shape index (κ3) is 1.48. The molecular formula is C8H11FO3. The highest BCUT2D eigenvalue weighted by molar-refractivity contribution is 5.74. The van der Waals surface area contributed by atoms with Crippen LogP contribution in [0.3, 0.4) is 0 Å². The second-order valence-corrected chi connectivity index (χ2v) is 3.18. The quantitative estimate of drug-likeness (QED) is 0.611. The molecule has 2 N–H and O–H groups in total. The van der Waals surface area contributed by atoms with Crippen LogP contribution in [0.5, 0.6) is 0 Å². The summed E-state index contributed by atoms with van der Waals surface area (Å²) in [7, 11) is 0. The summed E-state index contributed by atoms with van der Waals surface area (Å²) in [5.41, 5.74) is -0.947. The molecule has 0 spiro atoms. The van der Waals surface area contributed by atoms with Crippen LogP contribution in [0.15, 0.2) is 11.6 Å². The molecule has 0 heterocycles. The first-order valence-electron chi connectivity index (χ1n) is 3.73. The van der Waals surface area contributed by atoms with Crippen molar-refractivity contribution in [1.29, 1.82) is 0 Å². The van der Waals surface area contributed by atoms with Gasteiger partial charge in [0.1, 0.15) is 5.60 Å². The SMILES string of the molecule is CC1=CC(O)(C(F)C(=O)O)CC1. The van der Waals surface area contributed by atoms with Crippen molar-refractivity contribution in [3.8, 4) is 0 Å². The molecule has 0 aromatic rings. The summed E-state index contributed by atoms with van der Waals surface area (Å²) in [6, 6.07) is 0. The van der Waals surface area contributed by atoms with Crippen molar-refractivity contribution in [3.63, 3.8) is 0 Å². The lowest BCUT2D eigenvalue weighted by Crippen LogP contribution is -2.41. The summed E-state index contributed by atoms with van der Waals surface area (Å²) < 4.78 is 12.9. The molecular weight excluding hydrogens is 163 g/mol. The van der Waals surface area contributed by atoms with Gasteiger partial charge in [-0.3, -0.25) is 0 Å². The fourth-order valence-corrected chi connectivity index (χ4v) is 1.38. The van der Waals surface area contributed by atoms with Gasteiger partial charge in [0.25, 0.3) is 0 Å². The summed E-state index contributed by atoms with van der Waals surface area (Å²) in [4.78, 5) is 10.2. The molecule has 0 bridgehead atoms. The van der Waals surface area contributed by atoms with Crippen molar-refractivity contribution in [2.24, 2.45) is 0 Å². The minimum atomic E-state index is -2.21. The van der Waals surface area contributed by atoms with E-state index in [1.54, 1.807) is 6.92 Å². The van der Waals surface area contributed by atoms with Crippen molar-refractivity contribution in [3.05, 3.63) is 11.6 Å². The topological polar surface area (TPSA) is 57.5 Å². The fraction of sp³-hybridized carbons (Fsp3) is 0.625. The van der Waals surface area contributed by atoms with Crippen LogP contribution in [0.2, 0.25) is 0 Å². The lowest BCUT2D eigenvalue weighted by Gasteiger charge is -2.21. The van der Waals surface area contributed by atoms with Gasteiger partial charge < -0.3 is 10.2 Å². The van der Waals surface area contributed by atoms with E-state index in [1.807, 2.05) is 0 Å². The average Bonchev–Trinajstić information content (AvgIpc) is 2.31. The Morgan fingerprint density at radius 2 is 2.42 bits per heavy atom. The Labute approximate surface area is 69.5 Å². The number of rotatable bonds is 2. The molecule has 1 aliphatic rings. The van der Waals surface area contributed by atoms with E-state index in [0.717, 1.165) is 5.57 Å². The summed E-state index contributed by atoms with van der Waals surface area (Å²) in [6.07, 6.45) is -0.197. The van der Waals surface area contributed by atoms with Crippen LogP contribution in [-0.4, -0.2) is 28.0 Å². The first-order chi connectivity index (χ1) is 5.46. The van der Waals surface area contributed by atoms with Gasteiger partial charge in [0, 0.05) is 0 Å². The van der Waals surface area contributed by atoms with Crippen LogP contribution in [0.1, 0.15) is 19.8 Å². The number of halogens is 1. The summed E-state index contributed by atoms with van der Waals surface area (Å²) in [6.45, 7) is 1.74. The van der Waals surface area contributed by atoms with Gasteiger partial charge in [-0.15, -0.1) is 0 Å². The molecule has 0 saturated heterocycles. The number of allylic oxidation sites excluding steroid dienone is 1. The van der Waals surface area contributed by atoms with Crippen molar-refractivity contribution >= 4 is 5.97 Å². The van der Waals surface area contributed by atoms with E-state index >= 15 is 0 Å². The molecule has 0 amide bonds. The zero-order valence-electron chi connectivity index (χ0n) is 6.75. The van der Waals surface area contributed by atoms with Gasteiger partial charge >= 0.3 is 5.97 Å². The van der Waals surface area contributed by atoms with Crippen LogP contribution in [0.4, 0.5) is 4.39 Å². The molecule has 0 radical (unpaired) electrons. The van der Waals surface area contributed by atoms with Gasteiger partial charge in [-0.2, -0.15) is 0 Å². The monoisotopic (exact) mass is 174 g/mol. The smallest absolute Gasteiger partial charge is 0.341 e. The number of aliphatic carboxylic acids is 1. The third-order valence-electron chi connectivity index (χ3n) is 2.07. The molecule has 0 fully saturated rings. The number of hydrogen-bond acceptors (Lipinski definition) is 2. The molecule has 12 heavy (non-hydrogen) atoms. The predicted molar refractivity (Wildman–Crippen MR) is 40.5 cm³/mol. The van der Waals surface area contributed by atoms with Crippen LogP contribution in [0, 0.1) is 0 Å². The molecule has 0 saturated carbocycles. The Morgan fingerprint density at radius 3 is 2.75 bits per heavy atom. The van der Waals surface area contributed by atoms with Gasteiger partial charge in [0.15, 0.2) is 0 Å². The van der Waals surface area contributed by atoms with Crippen LogP contribution in [-0.2, 0) is 4.79 Å². The van der Waals surface area contributed by atoms with Crippen molar-refractivity contribution in [2.45, 2.75) is 31.5 Å². The molecule has 1 rings (SSSR count). The zero-order chi connectivity index (χ0) is 9.35. The van der Waals surface area contributed by atoms with E-state index in [2.05, 4.69) is 0 Å². The first-order valence-corrected chi connectivity index (χ1v) is 3.73. The number of carboxylic acids is 1. The molecule has 3 nitrogen and oxygen atoms in total. The molecule has 2 unspecified atom stereocenters. The Balaban J connectivity index is 2.80. The maximum atomic E-state index is 12.9. The molecule has 68 valence electrons. The van der Waals surface area contributed by atoms with Crippen molar-refractivity contribution < 1.29 is 19.4 Å². The van der Waals surface area contributed by atoms with Gasteiger partial charge in [0.05, 0.1) is 0 Å². The maximum absolute atomic E-state index is 12.9. The molecule has 0 aromatic heterocycles. The van der Waals surface area contributed by atoms with Gasteiger partial charge in [0.2, 0.25) is 6.17 Å². The molecule has 0 aliphatic heterocycles. The third-order valence-corrected chi connectivity index (χ3v) is 2.07. The Kier molecular flexibility index (Phi) is 2.19. The van der Waals surface area contributed by atoms with E-state index in [9.17, 15) is 14.3 Å². The van der Waals surface area contributed by atoms with Crippen LogP contribution in [0.25, 0.3) is 0 Å². The molecule has 4 heteroatoms. The molecule has 2 atom stereocenters. The van der Waals surface area contributed by atoms with E-state index in [1.165, 1.54) is 6.08 Å². The van der Waals surface area contributed by atoms with Gasteiger partial charge in [-0.05, 0) is 19.8 Å². The van der Waals surface area contributed by atoms with E-state index in [0.29, 0.717) is 6.42 Å². The second kappa shape index (κ2) is 2.86. The Hall–Kier alpha value is -0.900. The van der Waals surface area contributed by atoms with Crippen LogP contribution < -0.4 is 0 Å². The van der Waals surface area contributed by atoms with Crippen LogP contribution >= 0.6 is 0 Å². The van der Waals surface area contributed by atoms with Gasteiger partial charge in [-0.1, -0.05) is 11.6 Å². The molecule has 0 aromatic carbocycles. The van der Waals surface area contributed by atoms with Gasteiger partial charge in [-0.25, -0.2) is 9.18 Å². The standard InChI is InChI=1S/C8H11FO3/c1-5-2-3-8(12,4-5)6(9)7(10)11/h4,6,12H,2-3H2,1H3,(H,10,11). The first kappa shape index (κ1) is 9.19. The van der Waals surface area contributed by atoms with Crippen molar-refractivity contribution in [1.82, 2.24) is 0 Å². The molecule has 1 aliphatic carbocycles. The Morgan fingerprint density at radius 1 is 1.83 bits per heavy atom. The lowest BCUT2D eigenvalue weighted by molar-refractivity contribution is -0.150. The summed E-state index contributed by atoms with van der Waals surface area (Å²) >= 11 is 0. The number of alkyl halides is 1. The Bertz CT molecular complexity index is 236. The lowest BCUT2D eigenvalue weighted by atomic mass is 9.98. The maximum Gasteiger partial charge on any atom is 0.341 e. The summed E-state index contributed by atoms with van der Waals surface area (Å²) in [5.74, 6) is -1.61.